The summed E-state index contributed by atoms with van der Waals surface area (Å²) < 4.78 is 1.73. The molecular weight excluding hydrogens is 362 g/mol. The number of amides is 1. The predicted octanol–water partition coefficient (Wildman–Crippen LogP) is 3.20. The van der Waals surface area contributed by atoms with E-state index in [2.05, 4.69) is 31.9 Å². The Balaban J connectivity index is 2.06. The van der Waals surface area contributed by atoms with Crippen molar-refractivity contribution in [1.29, 1.82) is 0 Å². The van der Waals surface area contributed by atoms with E-state index in [4.69, 9.17) is 0 Å². The molecule has 0 radical (unpaired) electrons. The summed E-state index contributed by atoms with van der Waals surface area (Å²) in [4.78, 5) is 13.9. The van der Waals surface area contributed by atoms with Crippen molar-refractivity contribution in [1.82, 2.24) is 4.90 Å². The smallest absolute Gasteiger partial charge is 0.254 e. The van der Waals surface area contributed by atoms with Crippen molar-refractivity contribution in [3.05, 3.63) is 32.7 Å². The van der Waals surface area contributed by atoms with Gasteiger partial charge in [-0.25, -0.2) is 0 Å². The van der Waals surface area contributed by atoms with Gasteiger partial charge in [0.15, 0.2) is 0 Å². The number of carbonyl (C=O) groups excluding carboxylic acids is 1. The Labute approximate surface area is 123 Å². The molecule has 0 aliphatic carbocycles. The van der Waals surface area contributed by atoms with E-state index in [-0.39, 0.29) is 5.91 Å². The number of halogens is 2. The van der Waals surface area contributed by atoms with Crippen LogP contribution in [0.3, 0.4) is 0 Å². The van der Waals surface area contributed by atoms with E-state index < -0.39 is 5.60 Å². The van der Waals surface area contributed by atoms with E-state index in [0.717, 1.165) is 21.8 Å². The van der Waals surface area contributed by atoms with Gasteiger partial charge in [-0.2, -0.15) is 0 Å². The highest BCUT2D eigenvalue weighted by atomic mass is 79.9. The standard InChI is InChI=1S/C13H15Br2NO2/c1-2-3-13(18)7-16(8-13)12(17)9-4-10(14)6-11(15)5-9/h4-6,18H,2-3,7-8H2,1H3. The fraction of sp³-hybridized carbons (Fsp3) is 0.462. The van der Waals surface area contributed by atoms with Crippen LogP contribution in [-0.2, 0) is 0 Å². The Hall–Kier alpha value is -0.390. The fourth-order valence-corrected chi connectivity index (χ4v) is 3.58. The number of benzene rings is 1. The van der Waals surface area contributed by atoms with E-state index in [1.807, 2.05) is 13.0 Å². The Bertz CT molecular complexity index is 450. The molecule has 3 nitrogen and oxygen atoms in total. The lowest BCUT2D eigenvalue weighted by Gasteiger charge is -2.46. The summed E-state index contributed by atoms with van der Waals surface area (Å²) in [5.74, 6) is -0.0298. The lowest BCUT2D eigenvalue weighted by molar-refractivity contribution is -0.0860. The lowest BCUT2D eigenvalue weighted by Crippen LogP contribution is -2.63. The lowest BCUT2D eigenvalue weighted by atomic mass is 9.89. The second-order valence-corrected chi connectivity index (χ2v) is 6.63. The van der Waals surface area contributed by atoms with Gasteiger partial charge in [-0.1, -0.05) is 45.2 Å². The number of hydrogen-bond donors (Lipinski definition) is 1. The second kappa shape index (κ2) is 5.31. The number of hydrogen-bond acceptors (Lipinski definition) is 2. The minimum absolute atomic E-state index is 0.0298. The third-order valence-electron chi connectivity index (χ3n) is 3.08. The van der Waals surface area contributed by atoms with E-state index in [1.165, 1.54) is 0 Å². The molecule has 1 saturated heterocycles. The molecule has 1 N–H and O–H groups in total. The zero-order valence-corrected chi connectivity index (χ0v) is 13.3. The van der Waals surface area contributed by atoms with Crippen LogP contribution in [0.5, 0.6) is 0 Å². The molecule has 0 unspecified atom stereocenters. The van der Waals surface area contributed by atoms with Gasteiger partial charge in [-0.3, -0.25) is 4.79 Å². The maximum absolute atomic E-state index is 12.2. The molecule has 1 aromatic carbocycles. The van der Waals surface area contributed by atoms with Gasteiger partial charge in [-0.15, -0.1) is 0 Å². The summed E-state index contributed by atoms with van der Waals surface area (Å²) in [5, 5.41) is 10.1. The molecule has 1 aromatic rings. The van der Waals surface area contributed by atoms with Crippen molar-refractivity contribution in [3.63, 3.8) is 0 Å². The minimum atomic E-state index is -0.673. The van der Waals surface area contributed by atoms with Crippen molar-refractivity contribution in [3.8, 4) is 0 Å². The molecular formula is C13H15Br2NO2. The first kappa shape index (κ1) is 14.0. The molecule has 1 heterocycles. The molecule has 98 valence electrons. The van der Waals surface area contributed by atoms with E-state index in [9.17, 15) is 9.90 Å². The van der Waals surface area contributed by atoms with Gasteiger partial charge in [0.05, 0.1) is 18.7 Å². The van der Waals surface area contributed by atoms with Crippen LogP contribution in [0.1, 0.15) is 30.1 Å². The maximum atomic E-state index is 12.2. The molecule has 1 amide bonds. The number of nitrogens with zero attached hydrogens (tertiary/aromatic N) is 1. The maximum Gasteiger partial charge on any atom is 0.254 e. The van der Waals surface area contributed by atoms with Crippen LogP contribution >= 0.6 is 31.9 Å². The Morgan fingerprint density at radius 2 is 1.89 bits per heavy atom. The summed E-state index contributed by atoms with van der Waals surface area (Å²) in [6.07, 6.45) is 1.68. The average molecular weight is 377 g/mol. The van der Waals surface area contributed by atoms with Crippen LogP contribution in [0.2, 0.25) is 0 Å². The molecule has 1 fully saturated rings. The normalized spacial score (nSPS) is 17.4. The molecule has 5 heteroatoms. The van der Waals surface area contributed by atoms with Gasteiger partial charge in [0.1, 0.15) is 0 Å². The summed E-state index contributed by atoms with van der Waals surface area (Å²) in [7, 11) is 0. The van der Waals surface area contributed by atoms with Crippen LogP contribution in [-0.4, -0.2) is 34.6 Å². The largest absolute Gasteiger partial charge is 0.386 e. The van der Waals surface area contributed by atoms with E-state index in [1.54, 1.807) is 17.0 Å². The van der Waals surface area contributed by atoms with Crippen LogP contribution in [0, 0.1) is 0 Å². The Morgan fingerprint density at radius 3 is 2.39 bits per heavy atom. The van der Waals surface area contributed by atoms with Gasteiger partial charge in [0.25, 0.3) is 5.91 Å². The second-order valence-electron chi connectivity index (χ2n) is 4.79. The van der Waals surface area contributed by atoms with Crippen LogP contribution in [0.4, 0.5) is 0 Å². The highest BCUT2D eigenvalue weighted by molar-refractivity contribution is 9.11. The third kappa shape index (κ3) is 2.95. The van der Waals surface area contributed by atoms with E-state index in [0.29, 0.717) is 18.7 Å². The minimum Gasteiger partial charge on any atom is -0.386 e. The van der Waals surface area contributed by atoms with Gasteiger partial charge in [0, 0.05) is 14.5 Å². The molecule has 0 aromatic heterocycles. The predicted molar refractivity (Wildman–Crippen MR) is 77.6 cm³/mol. The van der Waals surface area contributed by atoms with Crippen molar-refractivity contribution in [2.75, 3.05) is 13.1 Å². The van der Waals surface area contributed by atoms with Crippen molar-refractivity contribution in [2.24, 2.45) is 0 Å². The number of aliphatic hydroxyl groups is 1. The van der Waals surface area contributed by atoms with Crippen LogP contribution in [0.25, 0.3) is 0 Å². The summed E-state index contributed by atoms with van der Waals surface area (Å²) in [5.41, 5.74) is -0.0389. The van der Waals surface area contributed by atoms with Gasteiger partial charge >= 0.3 is 0 Å². The molecule has 0 saturated carbocycles. The van der Waals surface area contributed by atoms with Crippen LogP contribution < -0.4 is 0 Å². The van der Waals surface area contributed by atoms with Crippen LogP contribution in [0.15, 0.2) is 27.1 Å². The van der Waals surface area contributed by atoms with Crippen molar-refractivity contribution in [2.45, 2.75) is 25.4 Å². The van der Waals surface area contributed by atoms with Gasteiger partial charge < -0.3 is 10.0 Å². The highest BCUT2D eigenvalue weighted by Gasteiger charge is 2.42. The molecule has 0 atom stereocenters. The summed E-state index contributed by atoms with van der Waals surface area (Å²) in [6, 6.07) is 5.48. The van der Waals surface area contributed by atoms with Crippen molar-refractivity contribution < 1.29 is 9.90 Å². The molecule has 1 aliphatic rings. The topological polar surface area (TPSA) is 40.5 Å². The summed E-state index contributed by atoms with van der Waals surface area (Å²) >= 11 is 6.73. The first-order valence-electron chi connectivity index (χ1n) is 5.91. The molecule has 1 aliphatic heterocycles. The van der Waals surface area contributed by atoms with Gasteiger partial charge in [-0.05, 0) is 24.6 Å². The van der Waals surface area contributed by atoms with E-state index >= 15 is 0 Å². The average Bonchev–Trinajstić information content (AvgIpc) is 2.23. The van der Waals surface area contributed by atoms with Crippen molar-refractivity contribution >= 4 is 37.8 Å². The third-order valence-corrected chi connectivity index (χ3v) is 4.00. The summed E-state index contributed by atoms with van der Waals surface area (Å²) in [6.45, 7) is 2.90. The molecule has 0 spiro atoms. The molecule has 2 rings (SSSR count). The Morgan fingerprint density at radius 1 is 1.33 bits per heavy atom. The first-order chi connectivity index (χ1) is 8.43. The Kier molecular flexibility index (Phi) is 4.14. The van der Waals surface area contributed by atoms with Gasteiger partial charge in [0.2, 0.25) is 0 Å². The number of β-amino-alcohol motifs (C(OH)–C–C–N with tert-alkyl or cyclic N) is 1. The monoisotopic (exact) mass is 375 g/mol. The highest BCUT2D eigenvalue weighted by Crippen LogP contribution is 2.28. The zero-order valence-electron chi connectivity index (χ0n) is 10.1. The number of carbonyl (C=O) groups is 1. The first-order valence-corrected chi connectivity index (χ1v) is 7.50. The molecule has 18 heavy (non-hydrogen) atoms. The molecule has 0 bridgehead atoms. The fourth-order valence-electron chi connectivity index (χ4n) is 2.29. The quantitative estimate of drug-likeness (QED) is 0.879. The zero-order chi connectivity index (χ0) is 13.3. The number of rotatable bonds is 3. The SMILES string of the molecule is CCCC1(O)CN(C(=O)c2cc(Br)cc(Br)c2)C1. The number of likely N-dealkylation sites (tertiary alicyclic amines) is 1.